The number of halogens is 4. The molecule has 0 saturated heterocycles. The number of amides is 3. The van der Waals surface area contributed by atoms with Crippen molar-refractivity contribution >= 4 is 39.6 Å². The van der Waals surface area contributed by atoms with Gasteiger partial charge in [0.2, 0.25) is 17.8 Å². The molecular formula is C18H12BrF3N4O3. The Hall–Kier alpha value is -2.82. The van der Waals surface area contributed by atoms with Gasteiger partial charge in [0.05, 0.1) is 17.8 Å². The van der Waals surface area contributed by atoms with Crippen LogP contribution in [0.25, 0.3) is 0 Å². The topological polar surface area (TPSA) is 92.3 Å². The number of benzene rings is 1. The fourth-order valence-corrected chi connectivity index (χ4v) is 4.07. The van der Waals surface area contributed by atoms with Gasteiger partial charge in [-0.1, -0.05) is 15.9 Å². The molecule has 2 heterocycles. The molecule has 2 aromatic rings. The lowest BCUT2D eigenvalue weighted by Crippen LogP contribution is -2.64. The van der Waals surface area contributed by atoms with Crippen LogP contribution in [0.3, 0.4) is 0 Å². The minimum atomic E-state index is -3.04. The summed E-state index contributed by atoms with van der Waals surface area (Å²) in [5.41, 5.74) is -1.25. The summed E-state index contributed by atoms with van der Waals surface area (Å²) in [6, 6.07) is 4.48. The van der Waals surface area contributed by atoms with Crippen molar-refractivity contribution in [3.05, 3.63) is 52.0 Å². The fraction of sp³-hybridized carbons (Fsp3) is 0.278. The number of carbonyl (C=O) groups is 3. The maximum atomic E-state index is 13.7. The monoisotopic (exact) mass is 468 g/mol. The van der Waals surface area contributed by atoms with Crippen LogP contribution >= 0.6 is 15.9 Å². The number of aromatic nitrogens is 2. The molecule has 0 atom stereocenters. The van der Waals surface area contributed by atoms with Crippen LogP contribution in [0, 0.1) is 5.82 Å². The minimum Gasteiger partial charge on any atom is -0.293 e. The maximum absolute atomic E-state index is 13.7. The van der Waals surface area contributed by atoms with Crippen molar-refractivity contribution in [2.24, 2.45) is 0 Å². The summed E-state index contributed by atoms with van der Waals surface area (Å²) in [5, 5.41) is 2.24. The van der Waals surface area contributed by atoms with Gasteiger partial charge in [0.25, 0.3) is 11.8 Å². The van der Waals surface area contributed by atoms with E-state index in [2.05, 4.69) is 31.2 Å². The van der Waals surface area contributed by atoms with Crippen LogP contribution in [0.4, 0.5) is 19.1 Å². The van der Waals surface area contributed by atoms with Crippen LogP contribution in [0.15, 0.2) is 35.1 Å². The van der Waals surface area contributed by atoms with Crippen LogP contribution in [0.1, 0.15) is 28.8 Å². The lowest BCUT2D eigenvalue weighted by molar-refractivity contribution is -0.167. The number of imide groups is 1. The molecule has 11 heteroatoms. The lowest BCUT2D eigenvalue weighted by atomic mass is 9.58. The Morgan fingerprint density at radius 2 is 1.86 bits per heavy atom. The maximum Gasteiger partial charge on any atom is 0.261 e. The van der Waals surface area contributed by atoms with Gasteiger partial charge in [0, 0.05) is 22.9 Å². The smallest absolute Gasteiger partial charge is 0.261 e. The molecule has 1 spiro atoms. The summed E-state index contributed by atoms with van der Waals surface area (Å²) in [6.07, 6.45) is 0.183. The van der Waals surface area contributed by atoms with Crippen LogP contribution in [0.2, 0.25) is 0 Å². The third-order valence-corrected chi connectivity index (χ3v) is 5.41. The Balaban J connectivity index is 1.63. The summed E-state index contributed by atoms with van der Waals surface area (Å²) in [5.74, 6) is -6.39. The zero-order valence-electron chi connectivity index (χ0n) is 14.6. The first kappa shape index (κ1) is 19.5. The second-order valence-electron chi connectivity index (χ2n) is 6.95. The summed E-state index contributed by atoms with van der Waals surface area (Å²) < 4.78 is 40.9. The predicted octanol–water partition coefficient (Wildman–Crippen LogP) is 2.67. The summed E-state index contributed by atoms with van der Waals surface area (Å²) >= 11 is 3.23. The molecule has 29 heavy (non-hydrogen) atoms. The first-order chi connectivity index (χ1) is 13.6. The molecule has 150 valence electrons. The highest BCUT2D eigenvalue weighted by Gasteiger charge is 2.65. The van der Waals surface area contributed by atoms with Gasteiger partial charge in [-0.3, -0.25) is 24.6 Å². The number of nitrogens with one attached hydrogen (secondary N) is 1. The summed E-state index contributed by atoms with van der Waals surface area (Å²) in [7, 11) is 0. The Bertz CT molecular complexity index is 1040. The number of carbonyl (C=O) groups excluding carboxylic acids is 3. The molecule has 3 amide bonds. The van der Waals surface area contributed by atoms with E-state index in [4.69, 9.17) is 0 Å². The molecule has 1 aromatic heterocycles. The standard InChI is InChI=1S/C18H12BrF3N4O3/c19-9-1-2-11-12(3-9)17(7-18(21,22)8-17)15(29)26(14(11)28)6-13(27)25-16-23-4-10(20)5-24-16/h1-5H,6-8H2,(H,23,24,25,27). The Morgan fingerprint density at radius 3 is 2.48 bits per heavy atom. The van der Waals surface area contributed by atoms with E-state index in [-0.39, 0.29) is 17.1 Å². The van der Waals surface area contributed by atoms with E-state index in [1.165, 1.54) is 12.1 Å². The van der Waals surface area contributed by atoms with Gasteiger partial charge in [0.1, 0.15) is 6.54 Å². The number of hydrogen-bond donors (Lipinski definition) is 1. The third-order valence-electron chi connectivity index (χ3n) is 4.92. The van der Waals surface area contributed by atoms with Gasteiger partial charge in [-0.05, 0) is 23.8 Å². The molecule has 1 aliphatic carbocycles. The Kier molecular flexibility index (Phi) is 4.45. The van der Waals surface area contributed by atoms with Gasteiger partial charge in [-0.25, -0.2) is 23.1 Å². The second-order valence-corrected chi connectivity index (χ2v) is 7.87. The number of fused-ring (bicyclic) bond motifs is 2. The normalized spacial score (nSPS) is 19.0. The third kappa shape index (κ3) is 3.28. The molecule has 4 rings (SSSR count). The average Bonchev–Trinajstić information content (AvgIpc) is 2.63. The fourth-order valence-electron chi connectivity index (χ4n) is 3.71. The van der Waals surface area contributed by atoms with Crippen molar-refractivity contribution < 1.29 is 27.6 Å². The molecule has 1 aromatic carbocycles. The first-order valence-electron chi connectivity index (χ1n) is 8.43. The van der Waals surface area contributed by atoms with Crippen molar-refractivity contribution in [1.82, 2.24) is 14.9 Å². The van der Waals surface area contributed by atoms with Crippen molar-refractivity contribution in [2.75, 3.05) is 11.9 Å². The molecule has 1 saturated carbocycles. The lowest BCUT2D eigenvalue weighted by Gasteiger charge is -2.50. The van der Waals surface area contributed by atoms with E-state index in [1.54, 1.807) is 6.07 Å². The van der Waals surface area contributed by atoms with E-state index in [9.17, 15) is 27.6 Å². The van der Waals surface area contributed by atoms with Crippen molar-refractivity contribution in [1.29, 1.82) is 0 Å². The largest absolute Gasteiger partial charge is 0.293 e. The highest BCUT2D eigenvalue weighted by atomic mass is 79.9. The number of hydrogen-bond acceptors (Lipinski definition) is 5. The number of nitrogens with zero attached hydrogens (tertiary/aromatic N) is 3. The second kappa shape index (κ2) is 6.61. The number of alkyl halides is 2. The summed E-state index contributed by atoms with van der Waals surface area (Å²) in [4.78, 5) is 45.9. The first-order valence-corrected chi connectivity index (χ1v) is 9.22. The number of anilines is 1. The molecule has 2 aliphatic rings. The van der Waals surface area contributed by atoms with E-state index in [0.29, 0.717) is 9.37 Å². The van der Waals surface area contributed by atoms with E-state index in [0.717, 1.165) is 12.4 Å². The van der Waals surface area contributed by atoms with E-state index >= 15 is 0 Å². The predicted molar refractivity (Wildman–Crippen MR) is 96.7 cm³/mol. The van der Waals surface area contributed by atoms with Gasteiger partial charge in [0.15, 0.2) is 5.82 Å². The zero-order valence-corrected chi connectivity index (χ0v) is 16.2. The zero-order chi connectivity index (χ0) is 21.0. The quantitative estimate of drug-likeness (QED) is 0.699. The molecule has 7 nitrogen and oxygen atoms in total. The van der Waals surface area contributed by atoms with Gasteiger partial charge >= 0.3 is 0 Å². The van der Waals surface area contributed by atoms with Crippen LogP contribution in [-0.4, -0.2) is 45.1 Å². The highest BCUT2D eigenvalue weighted by molar-refractivity contribution is 9.10. The van der Waals surface area contributed by atoms with Gasteiger partial charge in [-0.15, -0.1) is 0 Å². The molecule has 1 fully saturated rings. The Labute approximate surface area is 170 Å². The SMILES string of the molecule is O=C(CN1C(=O)c2ccc(Br)cc2C2(CC(F)(F)C2)C1=O)Nc1ncc(F)cn1. The Morgan fingerprint density at radius 1 is 1.21 bits per heavy atom. The molecule has 1 N–H and O–H groups in total. The highest BCUT2D eigenvalue weighted by Crippen LogP contribution is 2.57. The molecule has 1 aliphatic heterocycles. The summed E-state index contributed by atoms with van der Waals surface area (Å²) in [6.45, 7) is -0.707. The van der Waals surface area contributed by atoms with Crippen LogP contribution in [0.5, 0.6) is 0 Å². The van der Waals surface area contributed by atoms with E-state index in [1.807, 2.05) is 0 Å². The van der Waals surface area contributed by atoms with Crippen LogP contribution in [-0.2, 0) is 15.0 Å². The van der Waals surface area contributed by atoms with Crippen molar-refractivity contribution in [3.63, 3.8) is 0 Å². The molecule has 0 radical (unpaired) electrons. The van der Waals surface area contributed by atoms with Crippen LogP contribution < -0.4 is 5.32 Å². The van der Waals surface area contributed by atoms with Gasteiger partial charge < -0.3 is 0 Å². The minimum absolute atomic E-state index is 0.0918. The van der Waals surface area contributed by atoms with E-state index < -0.39 is 54.3 Å². The number of rotatable bonds is 3. The molecular weight excluding hydrogens is 457 g/mol. The molecule has 0 bridgehead atoms. The molecule has 0 unspecified atom stereocenters. The van der Waals surface area contributed by atoms with Crippen molar-refractivity contribution in [3.8, 4) is 0 Å². The average molecular weight is 469 g/mol. The van der Waals surface area contributed by atoms with Gasteiger partial charge in [-0.2, -0.15) is 0 Å². The van der Waals surface area contributed by atoms with Crippen molar-refractivity contribution in [2.45, 2.75) is 24.2 Å².